The monoisotopic (exact) mass is 410 g/mol. The summed E-state index contributed by atoms with van der Waals surface area (Å²) in [6.45, 7) is 5.74. The summed E-state index contributed by atoms with van der Waals surface area (Å²) in [5.74, 6) is 0.301. The molecule has 0 saturated heterocycles. The van der Waals surface area contributed by atoms with Crippen molar-refractivity contribution in [1.29, 1.82) is 0 Å². The van der Waals surface area contributed by atoms with E-state index in [1.807, 2.05) is 30.3 Å². The third-order valence-electron chi connectivity index (χ3n) is 3.32. The SMILES string of the molecule is CC(C)(C)NS(=O)(=O)c1cc(C(=O)NCCOc2ccccc2)ccc1Cl. The van der Waals surface area contributed by atoms with Crippen molar-refractivity contribution in [2.45, 2.75) is 31.2 Å². The molecule has 0 aliphatic carbocycles. The molecule has 0 atom stereocenters. The Labute approximate surface area is 164 Å². The largest absolute Gasteiger partial charge is 0.492 e. The van der Waals surface area contributed by atoms with Gasteiger partial charge in [-0.05, 0) is 51.1 Å². The van der Waals surface area contributed by atoms with E-state index in [9.17, 15) is 13.2 Å². The lowest BCUT2D eigenvalue weighted by Crippen LogP contribution is -2.40. The van der Waals surface area contributed by atoms with Crippen LogP contribution in [0.5, 0.6) is 5.75 Å². The first kappa shape index (κ1) is 21.2. The van der Waals surface area contributed by atoms with Gasteiger partial charge < -0.3 is 10.1 Å². The van der Waals surface area contributed by atoms with E-state index in [1.54, 1.807) is 20.8 Å². The molecule has 2 N–H and O–H groups in total. The second-order valence-electron chi connectivity index (χ2n) is 6.92. The summed E-state index contributed by atoms with van der Waals surface area (Å²) in [7, 11) is -3.85. The van der Waals surface area contributed by atoms with Gasteiger partial charge in [0, 0.05) is 11.1 Å². The van der Waals surface area contributed by atoms with E-state index >= 15 is 0 Å². The molecule has 0 aliphatic heterocycles. The van der Waals surface area contributed by atoms with Gasteiger partial charge in [0.15, 0.2) is 0 Å². The van der Waals surface area contributed by atoms with Crippen LogP contribution in [-0.4, -0.2) is 33.0 Å². The van der Waals surface area contributed by atoms with Gasteiger partial charge in [0.05, 0.1) is 11.6 Å². The number of benzene rings is 2. The van der Waals surface area contributed by atoms with Crippen LogP contribution >= 0.6 is 11.6 Å². The Hall–Kier alpha value is -2.09. The Bertz CT molecular complexity index is 894. The van der Waals surface area contributed by atoms with Crippen LogP contribution in [0.4, 0.5) is 0 Å². The highest BCUT2D eigenvalue weighted by Gasteiger charge is 2.25. The Kier molecular flexibility index (Phi) is 6.86. The highest BCUT2D eigenvalue weighted by Crippen LogP contribution is 2.24. The molecule has 1 amide bonds. The molecule has 6 nitrogen and oxygen atoms in total. The maximum absolute atomic E-state index is 12.5. The van der Waals surface area contributed by atoms with Crippen molar-refractivity contribution in [2.75, 3.05) is 13.2 Å². The molecule has 0 saturated carbocycles. The van der Waals surface area contributed by atoms with Crippen LogP contribution in [0, 0.1) is 0 Å². The van der Waals surface area contributed by atoms with Gasteiger partial charge in [-0.3, -0.25) is 4.79 Å². The summed E-state index contributed by atoms with van der Waals surface area (Å²) < 4.78 is 33.1. The zero-order chi connectivity index (χ0) is 20.1. The number of ether oxygens (including phenoxy) is 1. The van der Waals surface area contributed by atoms with Crippen LogP contribution in [0.2, 0.25) is 5.02 Å². The van der Waals surface area contributed by atoms with E-state index in [-0.39, 0.29) is 22.0 Å². The summed E-state index contributed by atoms with van der Waals surface area (Å²) in [5, 5.41) is 2.74. The van der Waals surface area contributed by atoms with Crippen LogP contribution in [0.1, 0.15) is 31.1 Å². The molecule has 0 bridgehead atoms. The maximum Gasteiger partial charge on any atom is 0.251 e. The Balaban J connectivity index is 2.02. The van der Waals surface area contributed by atoms with Crippen LogP contribution in [0.3, 0.4) is 0 Å². The molecule has 27 heavy (non-hydrogen) atoms. The van der Waals surface area contributed by atoms with Crippen molar-refractivity contribution < 1.29 is 17.9 Å². The molecule has 0 heterocycles. The van der Waals surface area contributed by atoms with E-state index in [4.69, 9.17) is 16.3 Å². The number of rotatable bonds is 7. The molecule has 0 aliphatic rings. The number of hydrogen-bond donors (Lipinski definition) is 2. The highest BCUT2D eigenvalue weighted by atomic mass is 35.5. The quantitative estimate of drug-likeness (QED) is 0.686. The zero-order valence-corrected chi connectivity index (χ0v) is 17.0. The van der Waals surface area contributed by atoms with Crippen molar-refractivity contribution in [3.05, 3.63) is 59.1 Å². The highest BCUT2D eigenvalue weighted by molar-refractivity contribution is 7.89. The van der Waals surface area contributed by atoms with Gasteiger partial charge in [0.25, 0.3) is 5.91 Å². The summed E-state index contributed by atoms with van der Waals surface area (Å²) in [5.41, 5.74) is -0.469. The minimum absolute atomic E-state index is 0.0516. The first-order chi connectivity index (χ1) is 12.6. The van der Waals surface area contributed by atoms with Gasteiger partial charge in [-0.2, -0.15) is 0 Å². The lowest BCUT2D eigenvalue weighted by atomic mass is 10.1. The topological polar surface area (TPSA) is 84.5 Å². The first-order valence-corrected chi connectivity index (χ1v) is 10.2. The first-order valence-electron chi connectivity index (χ1n) is 8.38. The van der Waals surface area contributed by atoms with Crippen LogP contribution < -0.4 is 14.8 Å². The fourth-order valence-electron chi connectivity index (χ4n) is 2.26. The zero-order valence-electron chi connectivity index (χ0n) is 15.5. The Morgan fingerprint density at radius 3 is 2.41 bits per heavy atom. The van der Waals surface area contributed by atoms with E-state index < -0.39 is 21.5 Å². The molecule has 8 heteroatoms. The predicted octanol–water partition coefficient (Wildman–Crippen LogP) is 3.23. The third-order valence-corrected chi connectivity index (χ3v) is 5.56. The lowest BCUT2D eigenvalue weighted by molar-refractivity contribution is 0.0947. The molecule has 0 unspecified atom stereocenters. The Morgan fingerprint density at radius 2 is 1.78 bits per heavy atom. The van der Waals surface area contributed by atoms with E-state index in [1.165, 1.54) is 18.2 Å². The molecule has 2 rings (SSSR count). The number of carbonyl (C=O) groups excluding carboxylic acids is 1. The normalized spacial score (nSPS) is 11.9. The van der Waals surface area contributed by atoms with Gasteiger partial charge in [-0.25, -0.2) is 13.1 Å². The number of sulfonamides is 1. The number of nitrogens with one attached hydrogen (secondary N) is 2. The summed E-state index contributed by atoms with van der Waals surface area (Å²) in [6.07, 6.45) is 0. The van der Waals surface area contributed by atoms with Crippen molar-refractivity contribution in [3.63, 3.8) is 0 Å². The van der Waals surface area contributed by atoms with Crippen molar-refractivity contribution >= 4 is 27.5 Å². The number of hydrogen-bond acceptors (Lipinski definition) is 4. The smallest absolute Gasteiger partial charge is 0.251 e. The number of carbonyl (C=O) groups is 1. The fraction of sp³-hybridized carbons (Fsp3) is 0.316. The van der Waals surface area contributed by atoms with Crippen LogP contribution in [-0.2, 0) is 10.0 Å². The second kappa shape index (κ2) is 8.73. The van der Waals surface area contributed by atoms with Gasteiger partial charge in [-0.1, -0.05) is 29.8 Å². The van der Waals surface area contributed by atoms with Gasteiger partial charge in [-0.15, -0.1) is 0 Å². The fourth-order valence-corrected chi connectivity index (χ4v) is 4.21. The molecule has 0 spiro atoms. The standard InChI is InChI=1S/C19H23ClN2O4S/c1-19(2,3)22-27(24,25)17-13-14(9-10-16(17)20)18(23)21-11-12-26-15-7-5-4-6-8-15/h4-10,13,22H,11-12H2,1-3H3,(H,21,23). The van der Waals surface area contributed by atoms with Crippen molar-refractivity contribution in [3.8, 4) is 5.75 Å². The van der Waals surface area contributed by atoms with Crippen molar-refractivity contribution in [2.24, 2.45) is 0 Å². The maximum atomic E-state index is 12.5. The third kappa shape index (κ3) is 6.53. The van der Waals surface area contributed by atoms with Crippen molar-refractivity contribution in [1.82, 2.24) is 10.0 Å². The minimum Gasteiger partial charge on any atom is -0.492 e. The second-order valence-corrected chi connectivity index (χ2v) is 8.98. The molecule has 0 aromatic heterocycles. The van der Waals surface area contributed by atoms with E-state index in [2.05, 4.69) is 10.0 Å². The summed E-state index contributed by atoms with van der Waals surface area (Å²) >= 11 is 6.04. The number of para-hydroxylation sites is 1. The van der Waals surface area contributed by atoms with Crippen LogP contribution in [0.25, 0.3) is 0 Å². The average molecular weight is 411 g/mol. The van der Waals surface area contributed by atoms with E-state index in [0.29, 0.717) is 12.4 Å². The summed E-state index contributed by atoms with van der Waals surface area (Å²) in [6, 6.07) is 13.4. The molecule has 146 valence electrons. The number of halogens is 1. The van der Waals surface area contributed by atoms with Gasteiger partial charge >= 0.3 is 0 Å². The van der Waals surface area contributed by atoms with Gasteiger partial charge in [0.1, 0.15) is 17.3 Å². The average Bonchev–Trinajstić information content (AvgIpc) is 2.57. The van der Waals surface area contributed by atoms with Crippen LogP contribution in [0.15, 0.2) is 53.4 Å². The summed E-state index contributed by atoms with van der Waals surface area (Å²) in [4.78, 5) is 12.2. The molecular weight excluding hydrogens is 388 g/mol. The lowest BCUT2D eigenvalue weighted by Gasteiger charge is -2.21. The molecule has 2 aromatic rings. The molecular formula is C19H23ClN2O4S. The molecule has 0 radical (unpaired) electrons. The van der Waals surface area contributed by atoms with Gasteiger partial charge in [0.2, 0.25) is 10.0 Å². The minimum atomic E-state index is -3.85. The predicted molar refractivity (Wildman–Crippen MR) is 106 cm³/mol. The number of amides is 1. The van der Waals surface area contributed by atoms with E-state index in [0.717, 1.165) is 0 Å². The molecule has 2 aromatic carbocycles. The Morgan fingerprint density at radius 1 is 1.11 bits per heavy atom. The molecule has 0 fully saturated rings.